The molecule has 0 aliphatic heterocycles. The van der Waals surface area contributed by atoms with Crippen molar-refractivity contribution < 1.29 is 9.21 Å². The molecule has 0 saturated carbocycles. The summed E-state index contributed by atoms with van der Waals surface area (Å²) in [5, 5.41) is 11.8. The third kappa shape index (κ3) is 3.16. The van der Waals surface area contributed by atoms with Crippen molar-refractivity contribution >= 4 is 34.3 Å². The molecule has 3 aromatic rings. The molecule has 7 heteroatoms. The van der Waals surface area contributed by atoms with Gasteiger partial charge in [0, 0.05) is 18.7 Å². The number of carbonyl (C=O) groups is 1. The fraction of sp³-hybridized carbons (Fsp3) is 0.118. The van der Waals surface area contributed by atoms with Gasteiger partial charge < -0.3 is 9.73 Å². The third-order valence-corrected chi connectivity index (χ3v) is 3.82. The first-order chi connectivity index (χ1) is 11.6. The average molecular weight is 342 g/mol. The van der Waals surface area contributed by atoms with E-state index in [9.17, 15) is 9.59 Å². The molecule has 2 aromatic carbocycles. The number of anilines is 1. The molecule has 0 fully saturated rings. The molecular formula is C17H12ClN3O3. The SMILES string of the molecule is N#Cc1ccc(NC(=O)CCn2c(=O)oc3ccccc32)cc1Cl. The number of rotatable bonds is 4. The number of nitrogens with one attached hydrogen (secondary N) is 1. The van der Waals surface area contributed by atoms with Crippen LogP contribution >= 0.6 is 11.6 Å². The summed E-state index contributed by atoms with van der Waals surface area (Å²) in [5.41, 5.74) is 1.97. The summed E-state index contributed by atoms with van der Waals surface area (Å²) in [5.74, 6) is -0.765. The summed E-state index contributed by atoms with van der Waals surface area (Å²) >= 11 is 5.93. The van der Waals surface area contributed by atoms with Gasteiger partial charge >= 0.3 is 5.76 Å². The molecule has 0 spiro atoms. The zero-order valence-corrected chi connectivity index (χ0v) is 13.2. The van der Waals surface area contributed by atoms with Crippen molar-refractivity contribution in [2.75, 3.05) is 5.32 Å². The van der Waals surface area contributed by atoms with Gasteiger partial charge in [0.25, 0.3) is 0 Å². The van der Waals surface area contributed by atoms with E-state index < -0.39 is 5.76 Å². The highest BCUT2D eigenvalue weighted by Crippen LogP contribution is 2.20. The maximum Gasteiger partial charge on any atom is 0.419 e. The van der Waals surface area contributed by atoms with Crippen molar-refractivity contribution in [2.45, 2.75) is 13.0 Å². The van der Waals surface area contributed by atoms with Gasteiger partial charge in [0.1, 0.15) is 6.07 Å². The van der Waals surface area contributed by atoms with Crippen molar-refractivity contribution in [2.24, 2.45) is 0 Å². The minimum Gasteiger partial charge on any atom is -0.408 e. The smallest absolute Gasteiger partial charge is 0.408 e. The van der Waals surface area contributed by atoms with Gasteiger partial charge in [-0.2, -0.15) is 5.26 Å². The summed E-state index contributed by atoms with van der Waals surface area (Å²) in [6.07, 6.45) is 0.0983. The molecule has 0 radical (unpaired) electrons. The van der Waals surface area contributed by atoms with E-state index in [-0.39, 0.29) is 23.9 Å². The summed E-state index contributed by atoms with van der Waals surface area (Å²) < 4.78 is 6.54. The number of benzene rings is 2. The molecule has 6 nitrogen and oxygen atoms in total. The molecule has 24 heavy (non-hydrogen) atoms. The lowest BCUT2D eigenvalue weighted by Gasteiger charge is -2.06. The fourth-order valence-electron chi connectivity index (χ4n) is 2.35. The highest BCUT2D eigenvalue weighted by Gasteiger charge is 2.11. The Morgan fingerprint density at radius 3 is 2.83 bits per heavy atom. The number of amides is 1. The first-order valence-electron chi connectivity index (χ1n) is 7.16. The third-order valence-electron chi connectivity index (χ3n) is 3.51. The van der Waals surface area contributed by atoms with E-state index in [1.54, 1.807) is 30.3 Å². The first kappa shape index (κ1) is 15.8. The van der Waals surface area contributed by atoms with Crippen LogP contribution < -0.4 is 11.1 Å². The van der Waals surface area contributed by atoms with Gasteiger partial charge in [0.15, 0.2) is 5.58 Å². The van der Waals surface area contributed by atoms with E-state index in [0.717, 1.165) is 0 Å². The molecule has 3 rings (SSSR count). The van der Waals surface area contributed by atoms with Crippen LogP contribution in [0.1, 0.15) is 12.0 Å². The highest BCUT2D eigenvalue weighted by molar-refractivity contribution is 6.32. The highest BCUT2D eigenvalue weighted by atomic mass is 35.5. The fourth-order valence-corrected chi connectivity index (χ4v) is 2.57. The lowest BCUT2D eigenvalue weighted by Crippen LogP contribution is -2.19. The number of aromatic nitrogens is 1. The van der Waals surface area contributed by atoms with E-state index in [0.29, 0.717) is 22.4 Å². The molecule has 1 aromatic heterocycles. The van der Waals surface area contributed by atoms with E-state index in [4.69, 9.17) is 21.3 Å². The number of carbonyl (C=O) groups excluding carboxylic acids is 1. The maximum absolute atomic E-state index is 12.1. The minimum atomic E-state index is -0.495. The van der Waals surface area contributed by atoms with Crippen molar-refractivity contribution in [3.63, 3.8) is 0 Å². The number of para-hydroxylation sites is 2. The second-order valence-electron chi connectivity index (χ2n) is 5.09. The number of hydrogen-bond donors (Lipinski definition) is 1. The number of fused-ring (bicyclic) bond motifs is 1. The molecule has 0 unspecified atom stereocenters. The monoisotopic (exact) mass is 341 g/mol. The Kier molecular flexibility index (Phi) is 4.36. The Balaban J connectivity index is 1.69. The van der Waals surface area contributed by atoms with Crippen molar-refractivity contribution in [1.29, 1.82) is 5.26 Å². The molecule has 0 bridgehead atoms. The molecular weight excluding hydrogens is 330 g/mol. The standard InChI is InChI=1S/C17H12ClN3O3/c18-13-9-12(6-5-11(13)10-19)20-16(22)7-8-21-14-3-1-2-4-15(14)24-17(21)23/h1-6,9H,7-8H2,(H,20,22). The average Bonchev–Trinajstić information content (AvgIpc) is 2.88. The Hall–Kier alpha value is -3.04. The Morgan fingerprint density at radius 2 is 2.08 bits per heavy atom. The lowest BCUT2D eigenvalue weighted by atomic mass is 10.2. The molecule has 0 atom stereocenters. The Labute approximate surface area is 141 Å². The topological polar surface area (TPSA) is 88.0 Å². The number of nitriles is 1. The Bertz CT molecular complexity index is 1010. The Morgan fingerprint density at radius 1 is 1.29 bits per heavy atom. The summed E-state index contributed by atoms with van der Waals surface area (Å²) in [6, 6.07) is 13.6. The summed E-state index contributed by atoms with van der Waals surface area (Å²) in [7, 11) is 0. The molecule has 0 saturated heterocycles. The van der Waals surface area contributed by atoms with Gasteiger partial charge in [-0.3, -0.25) is 9.36 Å². The first-order valence-corrected chi connectivity index (χ1v) is 7.54. The van der Waals surface area contributed by atoms with Crippen molar-refractivity contribution in [1.82, 2.24) is 4.57 Å². The summed E-state index contributed by atoms with van der Waals surface area (Å²) in [4.78, 5) is 23.9. The normalized spacial score (nSPS) is 10.5. The second-order valence-corrected chi connectivity index (χ2v) is 5.50. The second kappa shape index (κ2) is 6.60. The zero-order valence-electron chi connectivity index (χ0n) is 12.5. The number of nitrogens with zero attached hydrogens (tertiary/aromatic N) is 2. The maximum atomic E-state index is 12.1. The van der Waals surface area contributed by atoms with Crippen LogP contribution in [0.4, 0.5) is 5.69 Å². The van der Waals surface area contributed by atoms with Crippen molar-refractivity contribution in [3.8, 4) is 6.07 Å². The zero-order chi connectivity index (χ0) is 17.1. The van der Waals surface area contributed by atoms with Crippen LogP contribution in [0.25, 0.3) is 11.1 Å². The number of hydrogen-bond acceptors (Lipinski definition) is 4. The van der Waals surface area contributed by atoms with Gasteiger partial charge in [-0.05, 0) is 30.3 Å². The largest absolute Gasteiger partial charge is 0.419 e. The van der Waals surface area contributed by atoms with Crippen molar-refractivity contribution in [3.05, 3.63) is 63.6 Å². The van der Waals surface area contributed by atoms with E-state index in [2.05, 4.69) is 5.32 Å². The molecule has 0 aliphatic carbocycles. The van der Waals surface area contributed by atoms with Crippen LogP contribution in [0.3, 0.4) is 0 Å². The predicted molar refractivity (Wildman–Crippen MR) is 89.9 cm³/mol. The molecule has 120 valence electrons. The number of aryl methyl sites for hydroxylation is 1. The van der Waals surface area contributed by atoms with Crippen LogP contribution in [0.15, 0.2) is 51.7 Å². The van der Waals surface area contributed by atoms with E-state index in [1.165, 1.54) is 16.7 Å². The van der Waals surface area contributed by atoms with Crippen LogP contribution in [0, 0.1) is 11.3 Å². The molecule has 0 aliphatic rings. The van der Waals surface area contributed by atoms with E-state index in [1.807, 2.05) is 6.07 Å². The van der Waals surface area contributed by atoms with Gasteiger partial charge in [-0.15, -0.1) is 0 Å². The van der Waals surface area contributed by atoms with Gasteiger partial charge in [-0.25, -0.2) is 4.79 Å². The lowest BCUT2D eigenvalue weighted by molar-refractivity contribution is -0.116. The summed E-state index contributed by atoms with van der Waals surface area (Å²) in [6.45, 7) is 0.200. The van der Waals surface area contributed by atoms with Gasteiger partial charge in [0.2, 0.25) is 5.91 Å². The van der Waals surface area contributed by atoms with Gasteiger partial charge in [-0.1, -0.05) is 23.7 Å². The predicted octanol–water partition coefficient (Wildman–Crippen LogP) is 3.15. The number of oxazole rings is 1. The quantitative estimate of drug-likeness (QED) is 0.789. The minimum absolute atomic E-state index is 0.0983. The molecule has 1 heterocycles. The molecule has 1 amide bonds. The van der Waals surface area contributed by atoms with E-state index >= 15 is 0 Å². The van der Waals surface area contributed by atoms with Crippen LogP contribution in [-0.2, 0) is 11.3 Å². The van der Waals surface area contributed by atoms with Crippen LogP contribution in [0.5, 0.6) is 0 Å². The van der Waals surface area contributed by atoms with Crippen LogP contribution in [-0.4, -0.2) is 10.5 Å². The number of halogens is 1. The van der Waals surface area contributed by atoms with Crippen LogP contribution in [0.2, 0.25) is 5.02 Å². The van der Waals surface area contributed by atoms with Gasteiger partial charge in [0.05, 0.1) is 16.1 Å². The molecule has 1 N–H and O–H groups in total.